The van der Waals surface area contributed by atoms with Gasteiger partial charge in [-0.2, -0.15) is 9.97 Å². The van der Waals surface area contributed by atoms with Gasteiger partial charge in [-0.05, 0) is 49.2 Å². The molecule has 1 aliphatic rings. The van der Waals surface area contributed by atoms with Crippen molar-refractivity contribution in [1.82, 2.24) is 15.3 Å². The number of nitrogens with two attached hydrogens (primary N) is 1. The van der Waals surface area contributed by atoms with E-state index in [9.17, 15) is 23.9 Å². The first kappa shape index (κ1) is 28.2. The number of hydrogen-bond donors (Lipinski definition) is 3. The number of amides is 2. The number of methoxy groups -OCH3 is 1. The molecule has 2 amide bonds. The Morgan fingerprint density at radius 1 is 1.27 bits per heavy atom. The highest BCUT2D eigenvalue weighted by Crippen LogP contribution is 2.29. The highest BCUT2D eigenvalue weighted by atomic mass is 19.1. The summed E-state index contributed by atoms with van der Waals surface area (Å²) in [6.07, 6.45) is 1.26. The highest BCUT2D eigenvalue weighted by molar-refractivity contribution is 5.92. The van der Waals surface area contributed by atoms with E-state index in [1.807, 2.05) is 0 Å². The quantitative estimate of drug-likeness (QED) is 0.341. The van der Waals surface area contributed by atoms with Crippen molar-refractivity contribution in [1.29, 1.82) is 0 Å². The second-order valence-electron chi connectivity index (χ2n) is 9.11. The molecule has 0 saturated carbocycles. The molecule has 1 aromatic heterocycles. The van der Waals surface area contributed by atoms with Crippen molar-refractivity contribution in [2.45, 2.75) is 32.5 Å². The Morgan fingerprint density at radius 3 is 2.62 bits per heavy atom. The molecule has 1 aliphatic heterocycles. The fourth-order valence-corrected chi connectivity index (χ4v) is 4.10. The second-order valence-corrected chi connectivity index (χ2v) is 9.11. The van der Waals surface area contributed by atoms with Crippen molar-refractivity contribution in [3.05, 3.63) is 71.2 Å². The van der Waals surface area contributed by atoms with Crippen LogP contribution in [0.2, 0.25) is 0 Å². The van der Waals surface area contributed by atoms with Crippen LogP contribution in [0, 0.1) is 12.7 Å². The Kier molecular flexibility index (Phi) is 8.39. The van der Waals surface area contributed by atoms with Gasteiger partial charge in [0, 0.05) is 23.9 Å². The minimum Gasteiger partial charge on any atom is -0.493 e. The van der Waals surface area contributed by atoms with Crippen molar-refractivity contribution in [3.8, 4) is 23.0 Å². The number of aryl methyl sites for hydroxylation is 1. The molecule has 0 bridgehead atoms. The Balaban J connectivity index is 1.37. The smallest absolute Gasteiger partial charge is 0.414 e. The van der Waals surface area contributed by atoms with Crippen LogP contribution in [0.5, 0.6) is 11.9 Å². The number of carbonyl (C=O) groups is 3. The molecule has 0 aliphatic carbocycles. The molecule has 2 aromatic carbocycles. The van der Waals surface area contributed by atoms with Crippen LogP contribution in [-0.4, -0.2) is 58.7 Å². The number of nitrogens with one attached hydrogen (secondary N) is 1. The van der Waals surface area contributed by atoms with E-state index in [-0.39, 0.29) is 36.3 Å². The zero-order valence-corrected chi connectivity index (χ0v) is 22.1. The van der Waals surface area contributed by atoms with E-state index < -0.39 is 30.0 Å². The number of hydrogen-bond acceptors (Lipinski definition) is 9. The van der Waals surface area contributed by atoms with Gasteiger partial charge in [-0.3, -0.25) is 14.5 Å². The van der Waals surface area contributed by atoms with Gasteiger partial charge in [-0.1, -0.05) is 24.3 Å². The predicted molar refractivity (Wildman–Crippen MR) is 144 cm³/mol. The monoisotopic (exact) mass is 549 g/mol. The molecule has 1 unspecified atom stereocenters. The lowest BCUT2D eigenvalue weighted by Gasteiger charge is -2.15. The molecule has 1 saturated heterocycles. The lowest BCUT2D eigenvalue weighted by Crippen LogP contribution is -2.43. The number of aromatic nitrogens is 2. The normalized spacial score (nSPS) is 15.7. The van der Waals surface area contributed by atoms with E-state index in [0.717, 1.165) is 0 Å². The third kappa shape index (κ3) is 6.24. The maximum Gasteiger partial charge on any atom is 0.414 e. The van der Waals surface area contributed by atoms with E-state index in [4.69, 9.17) is 15.2 Å². The van der Waals surface area contributed by atoms with Crippen LogP contribution >= 0.6 is 0 Å². The average molecular weight is 550 g/mol. The number of nitrogens with zero attached hydrogens (tertiary/aromatic N) is 3. The number of rotatable bonds is 9. The Labute approximate surface area is 229 Å². The summed E-state index contributed by atoms with van der Waals surface area (Å²) >= 11 is 0. The van der Waals surface area contributed by atoms with Crippen molar-refractivity contribution in [2.75, 3.05) is 18.6 Å². The van der Waals surface area contributed by atoms with Crippen LogP contribution in [0.4, 0.5) is 14.9 Å². The first-order chi connectivity index (χ1) is 19.1. The van der Waals surface area contributed by atoms with Gasteiger partial charge in [0.2, 0.25) is 11.8 Å². The number of ketones is 1. The van der Waals surface area contributed by atoms with Gasteiger partial charge in [0.25, 0.3) is 0 Å². The summed E-state index contributed by atoms with van der Waals surface area (Å²) < 4.78 is 25.1. The average Bonchev–Trinajstić information content (AvgIpc) is 3.32. The number of cyclic esters (lactones) is 1. The number of halogens is 1. The Hall–Kier alpha value is -4.84. The number of carbonyl (C=O) groups excluding carboxylic acids is 3. The molecule has 11 nitrogen and oxygen atoms in total. The van der Waals surface area contributed by atoms with Crippen molar-refractivity contribution in [3.63, 3.8) is 0 Å². The summed E-state index contributed by atoms with van der Waals surface area (Å²) in [5.41, 5.74) is 8.52. The number of ether oxygens (including phenoxy) is 2. The van der Waals surface area contributed by atoms with E-state index in [1.165, 1.54) is 37.2 Å². The molecule has 1 fully saturated rings. The van der Waals surface area contributed by atoms with Crippen LogP contribution in [0.25, 0.3) is 17.2 Å². The third-order valence-electron chi connectivity index (χ3n) is 6.37. The molecule has 3 aromatic rings. The van der Waals surface area contributed by atoms with Crippen molar-refractivity contribution < 1.29 is 33.4 Å². The van der Waals surface area contributed by atoms with Gasteiger partial charge in [0.05, 0.1) is 24.9 Å². The van der Waals surface area contributed by atoms with Gasteiger partial charge in [0.15, 0.2) is 0 Å². The predicted octanol–water partition coefficient (Wildman–Crippen LogP) is 2.88. The Morgan fingerprint density at radius 2 is 2.00 bits per heavy atom. The summed E-state index contributed by atoms with van der Waals surface area (Å²) in [6, 6.07) is 10.4. The molecule has 208 valence electrons. The lowest BCUT2D eigenvalue weighted by atomic mass is 10.0. The molecule has 4 N–H and O–H groups in total. The van der Waals surface area contributed by atoms with Gasteiger partial charge in [-0.15, -0.1) is 0 Å². The van der Waals surface area contributed by atoms with Crippen LogP contribution in [0.1, 0.15) is 23.7 Å². The first-order valence-electron chi connectivity index (χ1n) is 12.3. The van der Waals surface area contributed by atoms with Crippen LogP contribution in [0.15, 0.2) is 48.5 Å². The van der Waals surface area contributed by atoms with E-state index in [2.05, 4.69) is 15.3 Å². The minimum atomic E-state index is -0.901. The van der Waals surface area contributed by atoms with Crippen LogP contribution in [0.3, 0.4) is 0 Å². The molecule has 40 heavy (non-hydrogen) atoms. The maximum atomic E-state index is 15.0. The molecule has 0 radical (unpaired) electrons. The number of benzene rings is 2. The van der Waals surface area contributed by atoms with Crippen LogP contribution in [-0.2, 0) is 20.9 Å². The van der Waals surface area contributed by atoms with Crippen LogP contribution < -0.4 is 20.7 Å². The fraction of sp³-hybridized carbons (Fsp3) is 0.250. The number of aromatic hydroxyl groups is 1. The molecule has 2 heterocycles. The van der Waals surface area contributed by atoms with Crippen molar-refractivity contribution in [2.24, 2.45) is 5.73 Å². The summed E-state index contributed by atoms with van der Waals surface area (Å²) in [4.78, 5) is 45.2. The topological polar surface area (TPSA) is 157 Å². The van der Waals surface area contributed by atoms with E-state index in [1.54, 1.807) is 43.3 Å². The molecular formula is C28H28FN5O6. The standard InChI is InChI=1S/C28H28FN5O6/c1-15-20(26(37)33-27(32-15)39-3)10-11-24(36)31-13-17-4-9-21(22(29)12-17)18-5-7-19(8-6-18)34-14-23(40-28(34)38)25(30)16(2)35/h4-12,23,25H,13-14,30H2,1-3H3,(H,31,36)(H,32,33,37)/b11-10+/t23?,25-/m1/s1. The van der Waals surface area contributed by atoms with Crippen molar-refractivity contribution >= 4 is 29.5 Å². The second kappa shape index (κ2) is 11.9. The van der Waals surface area contributed by atoms with Gasteiger partial charge < -0.3 is 25.6 Å². The zero-order valence-electron chi connectivity index (χ0n) is 22.1. The third-order valence-corrected chi connectivity index (χ3v) is 6.37. The lowest BCUT2D eigenvalue weighted by molar-refractivity contribution is -0.120. The van der Waals surface area contributed by atoms with Gasteiger partial charge in [0.1, 0.15) is 23.7 Å². The first-order valence-corrected chi connectivity index (χ1v) is 12.3. The van der Waals surface area contributed by atoms with E-state index >= 15 is 0 Å². The Bertz CT molecular complexity index is 1450. The van der Waals surface area contributed by atoms with Gasteiger partial charge >= 0.3 is 12.1 Å². The summed E-state index contributed by atoms with van der Waals surface area (Å²) in [6.45, 7) is 3.19. The summed E-state index contributed by atoms with van der Waals surface area (Å²) in [7, 11) is 1.38. The largest absolute Gasteiger partial charge is 0.493 e. The van der Waals surface area contributed by atoms with E-state index in [0.29, 0.717) is 28.1 Å². The summed E-state index contributed by atoms with van der Waals surface area (Å²) in [5, 5.41) is 12.7. The van der Waals surface area contributed by atoms with Gasteiger partial charge in [-0.25, -0.2) is 9.18 Å². The molecule has 0 spiro atoms. The molecule has 2 atom stereocenters. The highest BCUT2D eigenvalue weighted by Gasteiger charge is 2.37. The molecule has 12 heteroatoms. The number of Topliss-reactive ketones (excluding diaryl/α,β-unsaturated/α-hetero) is 1. The minimum absolute atomic E-state index is 0.0128. The maximum absolute atomic E-state index is 15.0. The fourth-order valence-electron chi connectivity index (χ4n) is 4.10. The SMILES string of the molecule is COc1nc(C)c(/C=C/C(=O)NCc2ccc(-c3ccc(N4CC([C@H](N)C(C)=O)OC4=O)cc3)c(F)c2)c(O)n1. The molecule has 4 rings (SSSR count). The zero-order chi connectivity index (χ0) is 29.0. The molecular weight excluding hydrogens is 521 g/mol. The number of anilines is 1. The summed E-state index contributed by atoms with van der Waals surface area (Å²) in [5.74, 6) is -1.54.